The fourth-order valence-electron chi connectivity index (χ4n) is 1.20. The van der Waals surface area contributed by atoms with Gasteiger partial charge >= 0.3 is 0 Å². The summed E-state index contributed by atoms with van der Waals surface area (Å²) >= 11 is 3.34. The molecule has 0 unspecified atom stereocenters. The summed E-state index contributed by atoms with van der Waals surface area (Å²) in [6, 6.07) is 3.95. The minimum Gasteiger partial charge on any atom is -0.506 e. The van der Waals surface area contributed by atoms with Crippen molar-refractivity contribution in [3.63, 3.8) is 0 Å². The molecule has 72 valence electrons. The topological polar surface area (TPSA) is 46.2 Å². The van der Waals surface area contributed by atoms with Crippen LogP contribution in [0.5, 0.6) is 5.75 Å². The first kappa shape index (κ1) is 10.5. The molecule has 1 aromatic rings. The zero-order valence-corrected chi connectivity index (χ0v) is 9.26. The second kappa shape index (κ2) is 4.63. The van der Waals surface area contributed by atoms with Crippen LogP contribution in [-0.2, 0) is 6.42 Å². The van der Waals surface area contributed by atoms with E-state index in [2.05, 4.69) is 15.9 Å². The molecule has 0 bridgehead atoms. The van der Waals surface area contributed by atoms with Crippen LogP contribution in [0.15, 0.2) is 16.6 Å². The Morgan fingerprint density at radius 1 is 1.46 bits per heavy atom. The van der Waals surface area contributed by atoms with E-state index in [1.165, 1.54) is 0 Å². The number of benzene rings is 1. The number of phenols is 1. The van der Waals surface area contributed by atoms with Crippen molar-refractivity contribution in [2.75, 3.05) is 6.54 Å². The van der Waals surface area contributed by atoms with E-state index in [0.29, 0.717) is 12.3 Å². The maximum atomic E-state index is 9.72. The van der Waals surface area contributed by atoms with E-state index < -0.39 is 0 Å². The van der Waals surface area contributed by atoms with Gasteiger partial charge < -0.3 is 10.8 Å². The summed E-state index contributed by atoms with van der Waals surface area (Å²) in [5.41, 5.74) is 7.41. The second-order valence-corrected chi connectivity index (χ2v) is 3.89. The summed E-state index contributed by atoms with van der Waals surface area (Å²) in [4.78, 5) is 0. The third-order valence-corrected chi connectivity index (χ3v) is 3.04. The predicted molar refractivity (Wildman–Crippen MR) is 57.9 cm³/mol. The number of phenolic OH excluding ortho intramolecular Hbond substituents is 1. The standard InChI is InChI=1S/C10H14BrNO/c1-7-4-5-8(3-2-6-12)10(13)9(7)11/h4-5,13H,2-3,6,12H2,1H3. The maximum absolute atomic E-state index is 9.72. The zero-order chi connectivity index (χ0) is 9.84. The van der Waals surface area contributed by atoms with E-state index in [1.54, 1.807) is 0 Å². The maximum Gasteiger partial charge on any atom is 0.133 e. The minimum atomic E-state index is 0.355. The van der Waals surface area contributed by atoms with Crippen molar-refractivity contribution < 1.29 is 5.11 Å². The van der Waals surface area contributed by atoms with E-state index in [9.17, 15) is 5.11 Å². The number of halogens is 1. The van der Waals surface area contributed by atoms with Crippen LogP contribution in [0.4, 0.5) is 0 Å². The molecule has 0 atom stereocenters. The van der Waals surface area contributed by atoms with E-state index in [1.807, 2.05) is 19.1 Å². The van der Waals surface area contributed by atoms with Gasteiger partial charge in [-0.15, -0.1) is 0 Å². The molecule has 2 nitrogen and oxygen atoms in total. The minimum absolute atomic E-state index is 0.355. The lowest BCUT2D eigenvalue weighted by atomic mass is 10.1. The number of aromatic hydroxyl groups is 1. The molecule has 1 rings (SSSR count). The Morgan fingerprint density at radius 3 is 2.77 bits per heavy atom. The van der Waals surface area contributed by atoms with Crippen molar-refractivity contribution in [1.29, 1.82) is 0 Å². The summed E-state index contributed by atoms with van der Waals surface area (Å²) in [7, 11) is 0. The molecule has 0 amide bonds. The molecule has 0 saturated carbocycles. The van der Waals surface area contributed by atoms with Gasteiger partial charge in [0.2, 0.25) is 0 Å². The summed E-state index contributed by atoms with van der Waals surface area (Å²) in [5, 5.41) is 9.72. The van der Waals surface area contributed by atoms with Crippen molar-refractivity contribution in [3.8, 4) is 5.75 Å². The molecule has 3 heteroatoms. The van der Waals surface area contributed by atoms with Gasteiger partial charge in [-0.25, -0.2) is 0 Å². The quantitative estimate of drug-likeness (QED) is 0.857. The van der Waals surface area contributed by atoms with Crippen molar-refractivity contribution in [2.45, 2.75) is 19.8 Å². The molecule has 0 aliphatic carbocycles. The Kier molecular flexibility index (Phi) is 3.75. The molecule has 0 heterocycles. The predicted octanol–water partition coefficient (Wildman–Crippen LogP) is 2.35. The fourth-order valence-corrected chi connectivity index (χ4v) is 1.59. The van der Waals surface area contributed by atoms with Crippen molar-refractivity contribution >= 4 is 15.9 Å². The van der Waals surface area contributed by atoms with E-state index in [4.69, 9.17) is 5.73 Å². The van der Waals surface area contributed by atoms with Crippen molar-refractivity contribution in [3.05, 3.63) is 27.7 Å². The van der Waals surface area contributed by atoms with Gasteiger partial charge in [0.1, 0.15) is 5.75 Å². The molecule has 0 spiro atoms. The highest BCUT2D eigenvalue weighted by Gasteiger charge is 2.06. The van der Waals surface area contributed by atoms with Crippen LogP contribution in [0.1, 0.15) is 17.5 Å². The highest BCUT2D eigenvalue weighted by Crippen LogP contribution is 2.31. The number of hydrogen-bond acceptors (Lipinski definition) is 2. The second-order valence-electron chi connectivity index (χ2n) is 3.10. The molecular formula is C10H14BrNO. The van der Waals surface area contributed by atoms with E-state index in [0.717, 1.165) is 28.4 Å². The van der Waals surface area contributed by atoms with Gasteiger partial charge in [-0.05, 0) is 53.4 Å². The molecular weight excluding hydrogens is 230 g/mol. The smallest absolute Gasteiger partial charge is 0.133 e. The molecule has 0 aromatic heterocycles. The van der Waals surface area contributed by atoms with Crippen LogP contribution in [0.2, 0.25) is 0 Å². The first-order chi connectivity index (χ1) is 6.16. The number of rotatable bonds is 3. The van der Waals surface area contributed by atoms with Gasteiger partial charge in [-0.1, -0.05) is 12.1 Å². The summed E-state index contributed by atoms with van der Waals surface area (Å²) in [6.07, 6.45) is 1.74. The SMILES string of the molecule is Cc1ccc(CCCN)c(O)c1Br. The van der Waals surface area contributed by atoms with Gasteiger partial charge in [-0.2, -0.15) is 0 Å². The van der Waals surface area contributed by atoms with E-state index >= 15 is 0 Å². The third-order valence-electron chi connectivity index (χ3n) is 2.04. The Hall–Kier alpha value is -0.540. The lowest BCUT2D eigenvalue weighted by Crippen LogP contribution is -2.00. The van der Waals surface area contributed by atoms with Crippen LogP contribution in [0.25, 0.3) is 0 Å². The molecule has 0 fully saturated rings. The molecule has 0 aliphatic rings. The van der Waals surface area contributed by atoms with Crippen LogP contribution < -0.4 is 5.73 Å². The first-order valence-corrected chi connectivity index (χ1v) is 5.13. The number of nitrogens with two attached hydrogens (primary N) is 1. The third kappa shape index (κ3) is 2.45. The zero-order valence-electron chi connectivity index (χ0n) is 7.68. The number of aryl methyl sites for hydroxylation is 2. The highest BCUT2D eigenvalue weighted by molar-refractivity contribution is 9.10. The average Bonchev–Trinajstić information content (AvgIpc) is 2.13. The first-order valence-electron chi connectivity index (χ1n) is 4.34. The normalized spacial score (nSPS) is 10.4. The van der Waals surface area contributed by atoms with Crippen molar-refractivity contribution in [1.82, 2.24) is 0 Å². The number of hydrogen-bond donors (Lipinski definition) is 2. The van der Waals surface area contributed by atoms with Gasteiger partial charge in [0.15, 0.2) is 0 Å². The van der Waals surface area contributed by atoms with Crippen LogP contribution in [-0.4, -0.2) is 11.7 Å². The molecule has 3 N–H and O–H groups in total. The molecule has 13 heavy (non-hydrogen) atoms. The van der Waals surface area contributed by atoms with E-state index in [-0.39, 0.29) is 0 Å². The van der Waals surface area contributed by atoms with Gasteiger partial charge in [0.25, 0.3) is 0 Å². The van der Waals surface area contributed by atoms with Gasteiger partial charge in [0.05, 0.1) is 4.47 Å². The molecule has 0 saturated heterocycles. The summed E-state index contributed by atoms with van der Waals surface area (Å²) < 4.78 is 0.794. The lowest BCUT2D eigenvalue weighted by molar-refractivity contribution is 0.463. The Morgan fingerprint density at radius 2 is 2.15 bits per heavy atom. The average molecular weight is 244 g/mol. The Balaban J connectivity index is 2.90. The largest absolute Gasteiger partial charge is 0.506 e. The van der Waals surface area contributed by atoms with Crippen LogP contribution >= 0.6 is 15.9 Å². The Labute approximate surface area is 86.9 Å². The van der Waals surface area contributed by atoms with Gasteiger partial charge in [-0.3, -0.25) is 0 Å². The lowest BCUT2D eigenvalue weighted by Gasteiger charge is -2.07. The van der Waals surface area contributed by atoms with Crippen LogP contribution in [0.3, 0.4) is 0 Å². The van der Waals surface area contributed by atoms with Crippen LogP contribution in [0, 0.1) is 6.92 Å². The summed E-state index contributed by atoms with van der Waals surface area (Å²) in [5.74, 6) is 0.355. The van der Waals surface area contributed by atoms with Crippen molar-refractivity contribution in [2.24, 2.45) is 5.73 Å². The summed E-state index contributed by atoms with van der Waals surface area (Å²) in [6.45, 7) is 2.61. The molecule has 0 aliphatic heterocycles. The molecule has 0 radical (unpaired) electrons. The monoisotopic (exact) mass is 243 g/mol. The fraction of sp³-hybridized carbons (Fsp3) is 0.400. The molecule has 1 aromatic carbocycles. The van der Waals surface area contributed by atoms with Gasteiger partial charge in [0, 0.05) is 0 Å². The highest BCUT2D eigenvalue weighted by atomic mass is 79.9. The Bertz CT molecular complexity index is 299.